The summed E-state index contributed by atoms with van der Waals surface area (Å²) in [5.74, 6) is -0.573. The molecule has 72 valence electrons. The molecule has 1 aromatic carbocycles. The quantitative estimate of drug-likeness (QED) is 0.740. The Labute approximate surface area is 94.4 Å². The molecule has 1 rings (SSSR count). The van der Waals surface area contributed by atoms with Crippen molar-refractivity contribution in [2.45, 2.75) is 0 Å². The predicted molar refractivity (Wildman–Crippen MR) is 55.2 cm³/mol. The number of nitriles is 1. The van der Waals surface area contributed by atoms with E-state index in [1.807, 2.05) is 6.07 Å². The molecule has 0 aliphatic heterocycles. The van der Waals surface area contributed by atoms with Gasteiger partial charge in [-0.05, 0) is 28.1 Å². The zero-order valence-corrected chi connectivity index (χ0v) is 9.52. The van der Waals surface area contributed by atoms with Gasteiger partial charge in [-0.3, -0.25) is 0 Å². The van der Waals surface area contributed by atoms with Gasteiger partial charge in [0.15, 0.2) is 0 Å². The molecular weight excluding hydrogens is 269 g/mol. The number of rotatable bonds is 1. The van der Waals surface area contributed by atoms with Gasteiger partial charge < -0.3 is 4.74 Å². The summed E-state index contributed by atoms with van der Waals surface area (Å²) in [6.07, 6.45) is 0. The lowest BCUT2D eigenvalue weighted by Gasteiger charge is -2.04. The van der Waals surface area contributed by atoms with Crippen LogP contribution in [0.2, 0.25) is 5.02 Å². The number of carbonyl (C=O) groups excluding carboxylic acids is 1. The van der Waals surface area contributed by atoms with Crippen LogP contribution in [0.25, 0.3) is 0 Å². The van der Waals surface area contributed by atoms with E-state index in [2.05, 4.69) is 20.7 Å². The van der Waals surface area contributed by atoms with E-state index < -0.39 is 5.97 Å². The van der Waals surface area contributed by atoms with Crippen molar-refractivity contribution in [3.63, 3.8) is 0 Å². The number of carbonyl (C=O) groups is 1. The van der Waals surface area contributed by atoms with Crippen LogP contribution in [0.1, 0.15) is 15.9 Å². The van der Waals surface area contributed by atoms with Gasteiger partial charge in [-0.25, -0.2) is 4.79 Å². The molecule has 0 aliphatic carbocycles. The lowest BCUT2D eigenvalue weighted by molar-refractivity contribution is 0.0600. The van der Waals surface area contributed by atoms with Crippen LogP contribution in [0, 0.1) is 11.3 Å². The molecule has 0 aliphatic rings. The van der Waals surface area contributed by atoms with Crippen LogP contribution in [-0.2, 0) is 4.74 Å². The smallest absolute Gasteiger partial charge is 0.339 e. The maximum Gasteiger partial charge on any atom is 0.339 e. The molecule has 0 saturated heterocycles. The van der Waals surface area contributed by atoms with Crippen LogP contribution in [0.15, 0.2) is 16.6 Å². The van der Waals surface area contributed by atoms with E-state index in [-0.39, 0.29) is 16.1 Å². The Morgan fingerprint density at radius 1 is 1.64 bits per heavy atom. The number of esters is 1. The van der Waals surface area contributed by atoms with Crippen molar-refractivity contribution in [2.75, 3.05) is 7.11 Å². The Bertz CT molecular complexity index is 426. The van der Waals surface area contributed by atoms with Crippen molar-refractivity contribution in [3.8, 4) is 6.07 Å². The average molecular weight is 275 g/mol. The van der Waals surface area contributed by atoms with Crippen molar-refractivity contribution < 1.29 is 9.53 Å². The van der Waals surface area contributed by atoms with Crippen molar-refractivity contribution in [1.29, 1.82) is 5.26 Å². The van der Waals surface area contributed by atoms with Crippen LogP contribution >= 0.6 is 27.5 Å². The maximum atomic E-state index is 11.2. The van der Waals surface area contributed by atoms with E-state index in [1.54, 1.807) is 6.07 Å². The molecule has 0 bridgehead atoms. The number of ether oxygens (including phenoxy) is 1. The van der Waals surface area contributed by atoms with Gasteiger partial charge in [-0.15, -0.1) is 0 Å². The van der Waals surface area contributed by atoms with Gasteiger partial charge in [-0.1, -0.05) is 11.6 Å². The molecule has 0 unspecified atom stereocenters. The first-order valence-corrected chi connectivity index (χ1v) is 4.75. The van der Waals surface area contributed by atoms with Crippen molar-refractivity contribution in [2.24, 2.45) is 0 Å². The van der Waals surface area contributed by atoms with Crippen LogP contribution in [0.4, 0.5) is 0 Å². The molecule has 1 aromatic rings. The summed E-state index contributed by atoms with van der Waals surface area (Å²) in [6, 6.07) is 4.94. The van der Waals surface area contributed by atoms with E-state index in [9.17, 15) is 4.79 Å². The summed E-state index contributed by atoms with van der Waals surface area (Å²) in [5, 5.41) is 9.02. The fourth-order valence-electron chi connectivity index (χ4n) is 0.940. The molecule has 0 fully saturated rings. The molecule has 0 aromatic heterocycles. The molecule has 0 atom stereocenters. The minimum absolute atomic E-state index is 0.118. The molecule has 0 saturated carbocycles. The minimum atomic E-state index is -0.573. The third kappa shape index (κ3) is 1.89. The van der Waals surface area contributed by atoms with Gasteiger partial charge in [0.25, 0.3) is 0 Å². The van der Waals surface area contributed by atoms with Gasteiger partial charge >= 0.3 is 5.97 Å². The van der Waals surface area contributed by atoms with Gasteiger partial charge in [0.1, 0.15) is 6.07 Å². The maximum absolute atomic E-state index is 11.2. The summed E-state index contributed by atoms with van der Waals surface area (Å²) in [7, 11) is 1.25. The Balaban J connectivity index is 3.40. The normalized spacial score (nSPS) is 9.29. The summed E-state index contributed by atoms with van der Waals surface area (Å²) >= 11 is 8.98. The Kier molecular flexibility index (Phi) is 3.50. The predicted octanol–water partition coefficient (Wildman–Crippen LogP) is 2.76. The third-order valence-corrected chi connectivity index (χ3v) is 2.89. The minimum Gasteiger partial charge on any atom is -0.465 e. The second kappa shape index (κ2) is 4.45. The summed E-state index contributed by atoms with van der Waals surface area (Å²) < 4.78 is 5.08. The Hall–Kier alpha value is -1.05. The van der Waals surface area contributed by atoms with Gasteiger partial charge in [0, 0.05) is 4.47 Å². The first kappa shape index (κ1) is 11.0. The number of halogens is 2. The fraction of sp³-hybridized carbons (Fsp3) is 0.111. The first-order chi connectivity index (χ1) is 6.61. The first-order valence-electron chi connectivity index (χ1n) is 3.58. The average Bonchev–Trinajstić information content (AvgIpc) is 2.20. The van der Waals surface area contributed by atoms with Crippen LogP contribution in [-0.4, -0.2) is 13.1 Å². The zero-order chi connectivity index (χ0) is 10.7. The summed E-state index contributed by atoms with van der Waals surface area (Å²) in [4.78, 5) is 11.2. The Morgan fingerprint density at radius 3 is 2.79 bits per heavy atom. The summed E-state index contributed by atoms with van der Waals surface area (Å²) in [5.41, 5.74) is 0.288. The van der Waals surface area contributed by atoms with E-state index in [0.717, 1.165) is 0 Å². The van der Waals surface area contributed by atoms with Crippen LogP contribution in [0.3, 0.4) is 0 Å². The fourth-order valence-corrected chi connectivity index (χ4v) is 1.48. The zero-order valence-electron chi connectivity index (χ0n) is 7.17. The second-order valence-electron chi connectivity index (χ2n) is 2.39. The van der Waals surface area contributed by atoms with Crippen molar-refractivity contribution >= 4 is 33.5 Å². The SMILES string of the molecule is COC(=O)c1ccc(Br)c(Cl)c1C#N. The topological polar surface area (TPSA) is 50.1 Å². The molecule has 3 nitrogen and oxygen atoms in total. The van der Waals surface area contributed by atoms with E-state index in [4.69, 9.17) is 16.9 Å². The van der Waals surface area contributed by atoms with E-state index >= 15 is 0 Å². The third-order valence-electron chi connectivity index (χ3n) is 1.61. The number of nitrogens with zero attached hydrogens (tertiary/aromatic N) is 1. The Morgan fingerprint density at radius 2 is 2.29 bits per heavy atom. The molecule has 0 radical (unpaired) electrons. The van der Waals surface area contributed by atoms with Crippen LogP contribution < -0.4 is 0 Å². The highest BCUT2D eigenvalue weighted by molar-refractivity contribution is 9.10. The molecule has 0 amide bonds. The molecule has 14 heavy (non-hydrogen) atoms. The van der Waals surface area contributed by atoms with Crippen molar-refractivity contribution in [1.82, 2.24) is 0 Å². The van der Waals surface area contributed by atoms with Crippen LogP contribution in [0.5, 0.6) is 0 Å². The number of methoxy groups -OCH3 is 1. The monoisotopic (exact) mass is 273 g/mol. The van der Waals surface area contributed by atoms with Crippen molar-refractivity contribution in [3.05, 3.63) is 32.8 Å². The van der Waals surface area contributed by atoms with E-state index in [0.29, 0.717) is 4.47 Å². The lowest BCUT2D eigenvalue weighted by atomic mass is 10.1. The molecule has 0 spiro atoms. The standard InChI is InChI=1S/C9H5BrClNO2/c1-14-9(13)5-2-3-7(10)8(11)6(5)4-12/h2-3H,1H3. The van der Waals surface area contributed by atoms with Gasteiger partial charge in [0.05, 0.1) is 23.3 Å². The van der Waals surface area contributed by atoms with E-state index in [1.165, 1.54) is 13.2 Å². The highest BCUT2D eigenvalue weighted by Crippen LogP contribution is 2.28. The number of hydrogen-bond donors (Lipinski definition) is 0. The van der Waals surface area contributed by atoms with Gasteiger partial charge in [0.2, 0.25) is 0 Å². The molecular formula is C9H5BrClNO2. The highest BCUT2D eigenvalue weighted by Gasteiger charge is 2.16. The highest BCUT2D eigenvalue weighted by atomic mass is 79.9. The largest absolute Gasteiger partial charge is 0.465 e. The molecule has 0 heterocycles. The van der Waals surface area contributed by atoms with Gasteiger partial charge in [-0.2, -0.15) is 5.26 Å². The number of hydrogen-bond acceptors (Lipinski definition) is 3. The number of benzene rings is 1. The summed E-state index contributed by atoms with van der Waals surface area (Å²) in [6.45, 7) is 0. The molecule has 0 N–H and O–H groups in total. The second-order valence-corrected chi connectivity index (χ2v) is 3.62. The molecule has 5 heteroatoms. The lowest BCUT2D eigenvalue weighted by Crippen LogP contribution is -2.04.